The SMILES string of the molecule is CCCNC(c1cc(F)ccc1F)C1CCSC1. The van der Waals surface area contributed by atoms with Crippen LogP contribution in [-0.2, 0) is 0 Å². The van der Waals surface area contributed by atoms with Crippen LogP contribution in [0.25, 0.3) is 0 Å². The van der Waals surface area contributed by atoms with E-state index in [1.165, 1.54) is 18.2 Å². The maximum absolute atomic E-state index is 13.9. The molecule has 4 heteroatoms. The Kier molecular flexibility index (Phi) is 5.01. The zero-order valence-electron chi connectivity index (χ0n) is 10.6. The predicted molar refractivity (Wildman–Crippen MR) is 72.8 cm³/mol. The van der Waals surface area contributed by atoms with Crippen molar-refractivity contribution in [3.63, 3.8) is 0 Å². The largest absolute Gasteiger partial charge is 0.310 e. The van der Waals surface area contributed by atoms with Crippen molar-refractivity contribution in [2.45, 2.75) is 25.8 Å². The van der Waals surface area contributed by atoms with Crippen LogP contribution in [0.5, 0.6) is 0 Å². The molecule has 1 aliphatic rings. The van der Waals surface area contributed by atoms with Crippen LogP contribution >= 0.6 is 11.8 Å². The van der Waals surface area contributed by atoms with E-state index in [2.05, 4.69) is 12.2 Å². The summed E-state index contributed by atoms with van der Waals surface area (Å²) in [4.78, 5) is 0. The molecule has 2 atom stereocenters. The molecule has 2 rings (SSSR count). The quantitative estimate of drug-likeness (QED) is 0.875. The molecule has 0 saturated carbocycles. The Labute approximate surface area is 111 Å². The Bertz CT molecular complexity index is 391. The molecule has 1 aromatic carbocycles. The number of benzene rings is 1. The summed E-state index contributed by atoms with van der Waals surface area (Å²) >= 11 is 1.89. The minimum absolute atomic E-state index is 0.0596. The molecule has 1 aliphatic heterocycles. The van der Waals surface area contributed by atoms with Crippen molar-refractivity contribution in [3.8, 4) is 0 Å². The third kappa shape index (κ3) is 3.23. The highest BCUT2D eigenvalue weighted by Crippen LogP contribution is 2.35. The van der Waals surface area contributed by atoms with Gasteiger partial charge in [-0.3, -0.25) is 0 Å². The number of thioether (sulfide) groups is 1. The average Bonchev–Trinajstić information content (AvgIpc) is 2.88. The van der Waals surface area contributed by atoms with E-state index in [9.17, 15) is 8.78 Å². The number of rotatable bonds is 5. The van der Waals surface area contributed by atoms with Gasteiger partial charge in [0.25, 0.3) is 0 Å². The van der Waals surface area contributed by atoms with E-state index in [0.29, 0.717) is 11.5 Å². The first-order valence-electron chi connectivity index (χ1n) is 6.48. The molecule has 1 saturated heterocycles. The molecule has 18 heavy (non-hydrogen) atoms. The Morgan fingerprint density at radius 3 is 2.94 bits per heavy atom. The summed E-state index contributed by atoms with van der Waals surface area (Å²) in [7, 11) is 0. The van der Waals surface area contributed by atoms with Gasteiger partial charge in [0.15, 0.2) is 0 Å². The van der Waals surface area contributed by atoms with Gasteiger partial charge in [0.1, 0.15) is 11.6 Å². The van der Waals surface area contributed by atoms with Crippen molar-refractivity contribution in [1.82, 2.24) is 5.32 Å². The minimum atomic E-state index is -0.361. The summed E-state index contributed by atoms with van der Waals surface area (Å²) in [6, 6.07) is 3.69. The van der Waals surface area contributed by atoms with Gasteiger partial charge in [0.2, 0.25) is 0 Å². The fourth-order valence-electron chi connectivity index (χ4n) is 2.40. The van der Waals surface area contributed by atoms with Crippen LogP contribution in [0.15, 0.2) is 18.2 Å². The van der Waals surface area contributed by atoms with Gasteiger partial charge in [-0.1, -0.05) is 6.92 Å². The molecule has 1 N–H and O–H groups in total. The maximum atomic E-state index is 13.9. The van der Waals surface area contributed by atoms with Gasteiger partial charge in [-0.05, 0) is 55.0 Å². The van der Waals surface area contributed by atoms with Crippen molar-refractivity contribution in [2.24, 2.45) is 5.92 Å². The van der Waals surface area contributed by atoms with Crippen molar-refractivity contribution in [3.05, 3.63) is 35.4 Å². The summed E-state index contributed by atoms with van der Waals surface area (Å²) in [5, 5.41) is 3.38. The Morgan fingerprint density at radius 1 is 1.44 bits per heavy atom. The highest BCUT2D eigenvalue weighted by molar-refractivity contribution is 7.99. The summed E-state index contributed by atoms with van der Waals surface area (Å²) in [5.41, 5.74) is 0.482. The molecule has 0 amide bonds. The van der Waals surface area contributed by atoms with E-state index in [4.69, 9.17) is 0 Å². The molecule has 1 heterocycles. The van der Waals surface area contributed by atoms with Gasteiger partial charge < -0.3 is 5.32 Å². The lowest BCUT2D eigenvalue weighted by Crippen LogP contribution is -2.30. The van der Waals surface area contributed by atoms with Gasteiger partial charge >= 0.3 is 0 Å². The number of nitrogens with one attached hydrogen (secondary N) is 1. The van der Waals surface area contributed by atoms with Gasteiger partial charge in [-0.25, -0.2) is 8.78 Å². The van der Waals surface area contributed by atoms with Crippen LogP contribution in [0.2, 0.25) is 0 Å². The molecule has 0 radical (unpaired) electrons. The smallest absolute Gasteiger partial charge is 0.128 e. The van der Waals surface area contributed by atoms with Crippen molar-refractivity contribution in [1.29, 1.82) is 0 Å². The molecule has 1 nitrogen and oxygen atoms in total. The molecule has 1 fully saturated rings. The second kappa shape index (κ2) is 6.53. The zero-order valence-corrected chi connectivity index (χ0v) is 11.4. The highest BCUT2D eigenvalue weighted by Gasteiger charge is 2.28. The molecular formula is C14H19F2NS. The topological polar surface area (TPSA) is 12.0 Å². The monoisotopic (exact) mass is 271 g/mol. The lowest BCUT2D eigenvalue weighted by atomic mass is 9.92. The zero-order chi connectivity index (χ0) is 13.0. The van der Waals surface area contributed by atoms with E-state index in [0.717, 1.165) is 30.9 Å². The number of hydrogen-bond donors (Lipinski definition) is 1. The third-order valence-corrected chi connectivity index (χ3v) is 4.53. The van der Waals surface area contributed by atoms with Crippen LogP contribution in [0, 0.1) is 17.6 Å². The molecule has 1 aromatic rings. The molecule has 0 aliphatic carbocycles. The van der Waals surface area contributed by atoms with Crippen molar-refractivity contribution in [2.75, 3.05) is 18.1 Å². The second-order valence-corrected chi connectivity index (χ2v) is 5.87. The van der Waals surface area contributed by atoms with E-state index < -0.39 is 0 Å². The van der Waals surface area contributed by atoms with Gasteiger partial charge in [-0.15, -0.1) is 0 Å². The molecule has 0 aromatic heterocycles. The summed E-state index contributed by atoms with van der Waals surface area (Å²) < 4.78 is 27.2. The molecular weight excluding hydrogens is 252 g/mol. The van der Waals surface area contributed by atoms with Gasteiger partial charge in [0.05, 0.1) is 0 Å². The first-order chi connectivity index (χ1) is 8.72. The summed E-state index contributed by atoms with van der Waals surface area (Å²) in [6.45, 7) is 2.91. The Balaban J connectivity index is 2.23. The van der Waals surface area contributed by atoms with Crippen LogP contribution in [0.3, 0.4) is 0 Å². The second-order valence-electron chi connectivity index (χ2n) is 4.72. The predicted octanol–water partition coefficient (Wildman–Crippen LogP) is 3.76. The van der Waals surface area contributed by atoms with Gasteiger partial charge in [-0.2, -0.15) is 11.8 Å². The van der Waals surface area contributed by atoms with E-state index in [1.54, 1.807) is 0 Å². The first-order valence-corrected chi connectivity index (χ1v) is 7.64. The van der Waals surface area contributed by atoms with Gasteiger partial charge in [0, 0.05) is 11.6 Å². The molecule has 0 bridgehead atoms. The molecule has 2 unspecified atom stereocenters. The molecule has 0 spiro atoms. The first kappa shape index (κ1) is 13.8. The maximum Gasteiger partial charge on any atom is 0.128 e. The fraction of sp³-hybridized carbons (Fsp3) is 0.571. The number of hydrogen-bond acceptors (Lipinski definition) is 2. The van der Waals surface area contributed by atoms with Crippen LogP contribution in [0.1, 0.15) is 31.4 Å². The standard InChI is InChI=1S/C14H19F2NS/c1-2-6-17-14(10-5-7-18-9-10)12-8-11(15)3-4-13(12)16/h3-4,8,10,14,17H,2,5-7,9H2,1H3. The lowest BCUT2D eigenvalue weighted by molar-refractivity contribution is 0.379. The van der Waals surface area contributed by atoms with E-state index in [-0.39, 0.29) is 17.7 Å². The van der Waals surface area contributed by atoms with E-state index in [1.807, 2.05) is 11.8 Å². The van der Waals surface area contributed by atoms with E-state index >= 15 is 0 Å². The minimum Gasteiger partial charge on any atom is -0.310 e. The Morgan fingerprint density at radius 2 is 2.28 bits per heavy atom. The molecule has 100 valence electrons. The highest BCUT2D eigenvalue weighted by atomic mass is 32.2. The normalized spacial score (nSPS) is 21.2. The lowest BCUT2D eigenvalue weighted by Gasteiger charge is -2.25. The third-order valence-electron chi connectivity index (χ3n) is 3.34. The van der Waals surface area contributed by atoms with Crippen LogP contribution in [0.4, 0.5) is 8.78 Å². The van der Waals surface area contributed by atoms with Crippen LogP contribution < -0.4 is 5.32 Å². The van der Waals surface area contributed by atoms with Crippen molar-refractivity contribution >= 4 is 11.8 Å². The van der Waals surface area contributed by atoms with Crippen LogP contribution in [-0.4, -0.2) is 18.1 Å². The summed E-state index contributed by atoms with van der Waals surface area (Å²) in [6.07, 6.45) is 2.06. The number of halogens is 2. The average molecular weight is 271 g/mol. The van der Waals surface area contributed by atoms with Crippen molar-refractivity contribution < 1.29 is 8.78 Å². The fourth-order valence-corrected chi connectivity index (χ4v) is 3.70. The Hall–Kier alpha value is -0.610. The summed E-state index contributed by atoms with van der Waals surface area (Å²) in [5.74, 6) is 1.88.